The van der Waals surface area contributed by atoms with Gasteiger partial charge < -0.3 is 5.32 Å². The van der Waals surface area contributed by atoms with E-state index in [1.54, 1.807) is 18.3 Å². The number of carbonyl (C=O) groups excluding carboxylic acids is 1. The lowest BCUT2D eigenvalue weighted by Crippen LogP contribution is -2.30. The monoisotopic (exact) mass is 279 g/mol. The lowest BCUT2D eigenvalue weighted by Gasteiger charge is -2.11. The normalized spacial score (nSPS) is 12.1. The Balaban J connectivity index is 1.82. The summed E-state index contributed by atoms with van der Waals surface area (Å²) in [6.07, 6.45) is 1.73. The molecular weight excluding hydrogens is 265 g/mol. The van der Waals surface area contributed by atoms with Crippen LogP contribution in [-0.2, 0) is 4.79 Å². The molecule has 100 valence electrons. The van der Waals surface area contributed by atoms with Crippen LogP contribution in [-0.4, -0.2) is 17.4 Å². The molecule has 1 amide bonds. The predicted octanol–water partition coefficient (Wildman–Crippen LogP) is 2.57. The molecule has 1 heterocycles. The molecule has 0 aliphatic rings. The van der Waals surface area contributed by atoms with E-state index in [1.807, 2.05) is 12.3 Å². The van der Waals surface area contributed by atoms with Crippen molar-refractivity contribution in [3.05, 3.63) is 46.7 Å². The molecule has 2 aromatic rings. The third-order valence-corrected chi connectivity index (χ3v) is 3.46. The van der Waals surface area contributed by atoms with E-state index in [-0.39, 0.29) is 24.3 Å². The molecule has 0 aliphatic carbocycles. The van der Waals surface area contributed by atoms with Crippen LogP contribution in [0, 0.1) is 5.82 Å². The van der Waals surface area contributed by atoms with Gasteiger partial charge >= 0.3 is 0 Å². The maximum Gasteiger partial charge on any atom is 0.238 e. The first-order valence-corrected chi connectivity index (χ1v) is 6.71. The summed E-state index contributed by atoms with van der Waals surface area (Å²) >= 11 is 1.53. The van der Waals surface area contributed by atoms with Crippen molar-refractivity contribution in [3.8, 4) is 0 Å². The van der Waals surface area contributed by atoms with Crippen LogP contribution in [0.3, 0.4) is 0 Å². The third-order valence-electron chi connectivity index (χ3n) is 2.50. The van der Waals surface area contributed by atoms with E-state index < -0.39 is 0 Å². The molecule has 0 radical (unpaired) electrons. The highest BCUT2D eigenvalue weighted by Crippen LogP contribution is 2.14. The molecule has 2 rings (SSSR count). The minimum absolute atomic E-state index is 0.0123. The van der Waals surface area contributed by atoms with E-state index in [0.717, 1.165) is 5.01 Å². The first-order chi connectivity index (χ1) is 9.15. The van der Waals surface area contributed by atoms with Gasteiger partial charge in [-0.15, -0.1) is 11.3 Å². The highest BCUT2D eigenvalue weighted by Gasteiger charge is 2.09. The number of benzene rings is 1. The second-order valence-corrected chi connectivity index (χ2v) is 4.96. The zero-order chi connectivity index (χ0) is 13.7. The number of carbonyl (C=O) groups is 1. The van der Waals surface area contributed by atoms with Crippen LogP contribution in [0.4, 0.5) is 10.1 Å². The SMILES string of the molecule is CC(NCC(=O)Nc1cccc(F)c1)c1nccs1. The minimum atomic E-state index is -0.373. The van der Waals surface area contributed by atoms with Crippen LogP contribution >= 0.6 is 11.3 Å². The van der Waals surface area contributed by atoms with Crippen molar-refractivity contribution in [3.63, 3.8) is 0 Å². The Morgan fingerprint density at radius 1 is 1.53 bits per heavy atom. The zero-order valence-electron chi connectivity index (χ0n) is 10.4. The number of hydrogen-bond acceptors (Lipinski definition) is 4. The first-order valence-electron chi connectivity index (χ1n) is 5.83. The van der Waals surface area contributed by atoms with Gasteiger partial charge in [0.2, 0.25) is 5.91 Å². The molecule has 0 fully saturated rings. The summed E-state index contributed by atoms with van der Waals surface area (Å²) in [5.74, 6) is -0.587. The molecular formula is C13H14FN3OS. The molecule has 0 saturated carbocycles. The van der Waals surface area contributed by atoms with E-state index in [1.165, 1.54) is 23.5 Å². The number of rotatable bonds is 5. The fraction of sp³-hybridized carbons (Fsp3) is 0.231. The molecule has 19 heavy (non-hydrogen) atoms. The lowest BCUT2D eigenvalue weighted by atomic mass is 10.3. The predicted molar refractivity (Wildman–Crippen MR) is 73.6 cm³/mol. The maximum atomic E-state index is 12.9. The van der Waals surface area contributed by atoms with Crippen molar-refractivity contribution in [2.45, 2.75) is 13.0 Å². The van der Waals surface area contributed by atoms with Crippen LogP contribution in [0.15, 0.2) is 35.8 Å². The Morgan fingerprint density at radius 2 is 2.37 bits per heavy atom. The summed E-state index contributed by atoms with van der Waals surface area (Å²) in [5.41, 5.74) is 0.453. The first kappa shape index (κ1) is 13.6. The molecule has 1 aromatic carbocycles. The van der Waals surface area contributed by atoms with Gasteiger partial charge in [-0.1, -0.05) is 6.07 Å². The number of amides is 1. The van der Waals surface area contributed by atoms with E-state index in [0.29, 0.717) is 5.69 Å². The van der Waals surface area contributed by atoms with Gasteiger partial charge in [0, 0.05) is 17.3 Å². The van der Waals surface area contributed by atoms with E-state index in [9.17, 15) is 9.18 Å². The van der Waals surface area contributed by atoms with Crippen LogP contribution in [0.1, 0.15) is 18.0 Å². The molecule has 0 saturated heterocycles. The Morgan fingerprint density at radius 3 is 3.05 bits per heavy atom. The Hall–Kier alpha value is -1.79. The van der Waals surface area contributed by atoms with Crippen molar-refractivity contribution in [2.24, 2.45) is 0 Å². The third kappa shape index (κ3) is 4.11. The molecule has 6 heteroatoms. The van der Waals surface area contributed by atoms with Gasteiger partial charge in [0.15, 0.2) is 0 Å². The smallest absolute Gasteiger partial charge is 0.238 e. The molecule has 0 bridgehead atoms. The van der Waals surface area contributed by atoms with Crippen molar-refractivity contribution in [1.82, 2.24) is 10.3 Å². The summed E-state index contributed by atoms with van der Waals surface area (Å²) in [5, 5.41) is 8.51. The Kier molecular flexibility index (Phi) is 4.59. The van der Waals surface area contributed by atoms with Gasteiger partial charge in [0.1, 0.15) is 10.8 Å². The molecule has 1 atom stereocenters. The van der Waals surface area contributed by atoms with E-state index in [2.05, 4.69) is 15.6 Å². The van der Waals surface area contributed by atoms with Gasteiger partial charge in [-0.05, 0) is 25.1 Å². The molecule has 1 unspecified atom stereocenters. The fourth-order valence-electron chi connectivity index (χ4n) is 1.55. The lowest BCUT2D eigenvalue weighted by molar-refractivity contribution is -0.115. The van der Waals surface area contributed by atoms with Gasteiger partial charge in [0.05, 0.1) is 12.6 Å². The quantitative estimate of drug-likeness (QED) is 0.884. The number of halogens is 1. The zero-order valence-corrected chi connectivity index (χ0v) is 11.2. The number of aromatic nitrogens is 1. The van der Waals surface area contributed by atoms with E-state index >= 15 is 0 Å². The minimum Gasteiger partial charge on any atom is -0.325 e. The molecule has 2 N–H and O–H groups in total. The second-order valence-electron chi connectivity index (χ2n) is 4.03. The Labute approximate surface area is 114 Å². The van der Waals surface area contributed by atoms with E-state index in [4.69, 9.17) is 0 Å². The number of nitrogens with zero attached hydrogens (tertiary/aromatic N) is 1. The van der Waals surface area contributed by atoms with Gasteiger partial charge in [-0.25, -0.2) is 9.37 Å². The summed E-state index contributed by atoms with van der Waals surface area (Å²) in [7, 11) is 0. The van der Waals surface area contributed by atoms with Crippen LogP contribution in [0.25, 0.3) is 0 Å². The number of anilines is 1. The number of nitrogens with one attached hydrogen (secondary N) is 2. The highest BCUT2D eigenvalue weighted by molar-refractivity contribution is 7.09. The summed E-state index contributed by atoms with van der Waals surface area (Å²) in [6.45, 7) is 2.09. The standard InChI is InChI=1S/C13H14FN3OS/c1-9(13-15-5-6-19-13)16-8-12(18)17-11-4-2-3-10(14)7-11/h2-7,9,16H,8H2,1H3,(H,17,18). The van der Waals surface area contributed by atoms with Crippen molar-refractivity contribution >= 4 is 22.9 Å². The van der Waals surface area contributed by atoms with Crippen LogP contribution in [0.5, 0.6) is 0 Å². The van der Waals surface area contributed by atoms with Gasteiger partial charge in [-0.2, -0.15) is 0 Å². The second kappa shape index (κ2) is 6.40. The van der Waals surface area contributed by atoms with Crippen molar-refractivity contribution < 1.29 is 9.18 Å². The highest BCUT2D eigenvalue weighted by atomic mass is 32.1. The van der Waals surface area contributed by atoms with Gasteiger partial charge in [-0.3, -0.25) is 10.1 Å². The summed E-state index contributed by atoms with van der Waals surface area (Å²) in [6, 6.07) is 5.82. The Bertz CT molecular complexity index is 545. The summed E-state index contributed by atoms with van der Waals surface area (Å²) in [4.78, 5) is 15.8. The maximum absolute atomic E-state index is 12.9. The van der Waals surface area contributed by atoms with Crippen molar-refractivity contribution in [1.29, 1.82) is 0 Å². The summed E-state index contributed by atoms with van der Waals surface area (Å²) < 4.78 is 12.9. The molecule has 4 nitrogen and oxygen atoms in total. The van der Waals surface area contributed by atoms with Crippen molar-refractivity contribution in [2.75, 3.05) is 11.9 Å². The topological polar surface area (TPSA) is 54.0 Å². The average Bonchev–Trinajstić information content (AvgIpc) is 2.90. The largest absolute Gasteiger partial charge is 0.325 e. The average molecular weight is 279 g/mol. The van der Waals surface area contributed by atoms with Crippen LogP contribution in [0.2, 0.25) is 0 Å². The molecule has 0 aliphatic heterocycles. The number of thiazole rings is 1. The van der Waals surface area contributed by atoms with Gasteiger partial charge in [0.25, 0.3) is 0 Å². The van der Waals surface area contributed by atoms with Crippen LogP contribution < -0.4 is 10.6 Å². The number of hydrogen-bond donors (Lipinski definition) is 2. The molecule has 0 spiro atoms. The fourth-order valence-corrected chi connectivity index (χ4v) is 2.22. The molecule has 1 aromatic heterocycles.